The molecule has 27 heavy (non-hydrogen) atoms. The summed E-state index contributed by atoms with van der Waals surface area (Å²) >= 11 is 0. The maximum atomic E-state index is 13.8. The monoisotopic (exact) mass is 367 g/mol. The molecule has 1 aliphatic heterocycles. The number of amides is 1. The molecule has 1 heterocycles. The summed E-state index contributed by atoms with van der Waals surface area (Å²) in [6, 6.07) is 9.21. The number of carbonyl (C=O) groups is 1. The maximum Gasteiger partial charge on any atom is 0.229 e. The van der Waals surface area contributed by atoms with Crippen molar-refractivity contribution in [2.75, 3.05) is 13.1 Å². The van der Waals surface area contributed by atoms with E-state index in [9.17, 15) is 4.79 Å². The normalized spacial score (nSPS) is 43.1. The number of morpholine rings is 1. The van der Waals surface area contributed by atoms with Gasteiger partial charge in [-0.25, -0.2) is 0 Å². The van der Waals surface area contributed by atoms with Crippen LogP contribution in [0.5, 0.6) is 0 Å². The fourth-order valence-corrected chi connectivity index (χ4v) is 7.44. The van der Waals surface area contributed by atoms with Gasteiger partial charge < -0.3 is 9.64 Å². The summed E-state index contributed by atoms with van der Waals surface area (Å²) in [5, 5.41) is 0. The van der Waals surface area contributed by atoms with E-state index in [-0.39, 0.29) is 23.0 Å². The highest BCUT2D eigenvalue weighted by Crippen LogP contribution is 2.66. The number of nitrogens with zero attached hydrogens (tertiary/aromatic N) is 1. The van der Waals surface area contributed by atoms with E-state index in [0.717, 1.165) is 44.2 Å². The van der Waals surface area contributed by atoms with Crippen molar-refractivity contribution in [3.8, 4) is 0 Å². The molecule has 0 radical (unpaired) electrons. The SMILES string of the molecule is Cc1ccc(C23C[C@H]4C[C@@H](CC(C(=O)N5C[C@@H](C)O[C@@H](C)C5)(C4)C2)C3)cc1. The van der Waals surface area contributed by atoms with E-state index in [1.54, 1.807) is 0 Å². The van der Waals surface area contributed by atoms with Crippen molar-refractivity contribution in [3.05, 3.63) is 35.4 Å². The van der Waals surface area contributed by atoms with E-state index in [2.05, 4.69) is 49.9 Å². The third-order valence-corrected chi connectivity index (χ3v) is 7.89. The first-order chi connectivity index (χ1) is 12.9. The molecule has 146 valence electrons. The van der Waals surface area contributed by atoms with Crippen LogP contribution in [0.2, 0.25) is 0 Å². The molecule has 3 nitrogen and oxygen atoms in total. The summed E-state index contributed by atoms with van der Waals surface area (Å²) in [5.41, 5.74) is 2.93. The molecule has 1 amide bonds. The molecular weight excluding hydrogens is 334 g/mol. The minimum absolute atomic E-state index is 0.119. The predicted molar refractivity (Wildman–Crippen MR) is 107 cm³/mol. The number of hydrogen-bond acceptors (Lipinski definition) is 2. The van der Waals surface area contributed by atoms with Crippen LogP contribution < -0.4 is 0 Å². The average molecular weight is 368 g/mol. The molecule has 0 aromatic heterocycles. The number of carbonyl (C=O) groups excluding carboxylic acids is 1. The van der Waals surface area contributed by atoms with Crippen LogP contribution in [0.1, 0.15) is 63.5 Å². The Morgan fingerprint density at radius 2 is 1.59 bits per heavy atom. The summed E-state index contributed by atoms with van der Waals surface area (Å²) in [4.78, 5) is 16.0. The molecule has 5 fully saturated rings. The molecule has 4 aliphatic carbocycles. The zero-order valence-corrected chi connectivity index (χ0v) is 17.0. The van der Waals surface area contributed by atoms with Gasteiger partial charge in [-0.2, -0.15) is 0 Å². The van der Waals surface area contributed by atoms with Crippen molar-refractivity contribution in [1.82, 2.24) is 4.90 Å². The van der Waals surface area contributed by atoms with E-state index < -0.39 is 0 Å². The molecule has 4 atom stereocenters. The highest BCUT2D eigenvalue weighted by atomic mass is 16.5. The fourth-order valence-electron chi connectivity index (χ4n) is 7.44. The van der Waals surface area contributed by atoms with Crippen LogP contribution in [0.3, 0.4) is 0 Å². The predicted octanol–water partition coefficient (Wildman–Crippen LogP) is 4.47. The van der Waals surface area contributed by atoms with Crippen LogP contribution >= 0.6 is 0 Å². The molecule has 3 heteroatoms. The molecule has 6 rings (SSSR count). The Kier molecular flexibility index (Phi) is 3.99. The highest BCUT2D eigenvalue weighted by molar-refractivity contribution is 5.84. The summed E-state index contributed by atoms with van der Waals surface area (Å²) in [5.74, 6) is 1.90. The van der Waals surface area contributed by atoms with Gasteiger partial charge in [-0.05, 0) is 82.1 Å². The van der Waals surface area contributed by atoms with Crippen LogP contribution in [0.4, 0.5) is 0 Å². The molecule has 0 unspecified atom stereocenters. The Morgan fingerprint density at radius 3 is 2.19 bits per heavy atom. The molecule has 0 spiro atoms. The van der Waals surface area contributed by atoms with Gasteiger partial charge in [-0.3, -0.25) is 4.79 Å². The Morgan fingerprint density at radius 1 is 1.00 bits per heavy atom. The second-order valence-corrected chi connectivity index (χ2v) is 10.4. The first-order valence-electron chi connectivity index (χ1n) is 10.9. The van der Waals surface area contributed by atoms with Crippen molar-refractivity contribution in [2.45, 2.75) is 76.9 Å². The van der Waals surface area contributed by atoms with Gasteiger partial charge in [0.05, 0.1) is 17.6 Å². The van der Waals surface area contributed by atoms with Crippen molar-refractivity contribution < 1.29 is 9.53 Å². The third-order valence-electron chi connectivity index (χ3n) is 7.89. The van der Waals surface area contributed by atoms with Gasteiger partial charge in [0.25, 0.3) is 0 Å². The molecule has 5 aliphatic rings. The average Bonchev–Trinajstić information content (AvgIpc) is 2.59. The van der Waals surface area contributed by atoms with E-state index in [4.69, 9.17) is 4.74 Å². The van der Waals surface area contributed by atoms with Gasteiger partial charge in [0.1, 0.15) is 0 Å². The number of hydrogen-bond donors (Lipinski definition) is 0. The lowest BCUT2D eigenvalue weighted by atomic mass is 9.42. The summed E-state index contributed by atoms with van der Waals surface area (Å²) in [6.45, 7) is 7.89. The molecule has 4 bridgehead atoms. The molecule has 1 aromatic rings. The summed E-state index contributed by atoms with van der Waals surface area (Å²) in [7, 11) is 0. The van der Waals surface area contributed by atoms with Crippen molar-refractivity contribution in [2.24, 2.45) is 17.3 Å². The smallest absolute Gasteiger partial charge is 0.229 e. The van der Waals surface area contributed by atoms with Crippen LogP contribution in [-0.2, 0) is 14.9 Å². The Bertz CT molecular complexity index is 715. The second kappa shape index (κ2) is 6.07. The van der Waals surface area contributed by atoms with E-state index >= 15 is 0 Å². The fraction of sp³-hybridized carbons (Fsp3) is 0.708. The first kappa shape index (κ1) is 17.7. The zero-order chi connectivity index (χ0) is 18.8. The molecule has 1 aromatic carbocycles. The van der Waals surface area contributed by atoms with Crippen LogP contribution in [0.25, 0.3) is 0 Å². The lowest BCUT2D eigenvalue weighted by molar-refractivity contribution is -0.170. The van der Waals surface area contributed by atoms with Gasteiger partial charge in [0, 0.05) is 13.1 Å². The Hall–Kier alpha value is -1.35. The Labute approximate surface area is 163 Å². The lowest BCUT2D eigenvalue weighted by Crippen LogP contribution is -2.61. The Balaban J connectivity index is 1.48. The summed E-state index contributed by atoms with van der Waals surface area (Å²) in [6.07, 6.45) is 7.53. The number of ether oxygens (including phenoxy) is 1. The number of rotatable bonds is 2. The molecule has 0 N–H and O–H groups in total. The van der Waals surface area contributed by atoms with Crippen LogP contribution in [0, 0.1) is 24.2 Å². The standard InChI is InChI=1S/C24H33NO2/c1-16-4-6-21(7-5-16)23-9-19-8-20(10-23)12-24(11-19,15-23)22(26)25-13-17(2)27-18(3)14-25/h4-7,17-20H,8-15H2,1-3H3/t17-,18+,19-,20-,23?,24?/m1/s1. The summed E-state index contributed by atoms with van der Waals surface area (Å²) < 4.78 is 5.89. The number of benzene rings is 1. The van der Waals surface area contributed by atoms with Crippen molar-refractivity contribution in [1.29, 1.82) is 0 Å². The highest BCUT2D eigenvalue weighted by Gasteiger charge is 2.61. The van der Waals surface area contributed by atoms with Crippen LogP contribution in [0.15, 0.2) is 24.3 Å². The second-order valence-electron chi connectivity index (χ2n) is 10.4. The minimum atomic E-state index is -0.119. The van der Waals surface area contributed by atoms with E-state index in [1.807, 2.05) is 0 Å². The minimum Gasteiger partial charge on any atom is -0.372 e. The lowest BCUT2D eigenvalue weighted by Gasteiger charge is -2.62. The van der Waals surface area contributed by atoms with Crippen LogP contribution in [-0.4, -0.2) is 36.1 Å². The van der Waals surface area contributed by atoms with Crippen molar-refractivity contribution >= 4 is 5.91 Å². The van der Waals surface area contributed by atoms with Gasteiger partial charge in [-0.1, -0.05) is 29.8 Å². The van der Waals surface area contributed by atoms with Crippen molar-refractivity contribution in [3.63, 3.8) is 0 Å². The van der Waals surface area contributed by atoms with Gasteiger partial charge in [-0.15, -0.1) is 0 Å². The first-order valence-corrected chi connectivity index (χ1v) is 10.9. The zero-order valence-electron chi connectivity index (χ0n) is 17.0. The van der Waals surface area contributed by atoms with E-state index in [0.29, 0.717) is 5.91 Å². The van der Waals surface area contributed by atoms with E-state index in [1.165, 1.54) is 30.4 Å². The largest absolute Gasteiger partial charge is 0.372 e. The quantitative estimate of drug-likeness (QED) is 0.772. The number of aryl methyl sites for hydroxylation is 1. The van der Waals surface area contributed by atoms with Gasteiger partial charge >= 0.3 is 0 Å². The topological polar surface area (TPSA) is 29.5 Å². The van der Waals surface area contributed by atoms with Gasteiger partial charge in [0.2, 0.25) is 5.91 Å². The molecule has 1 saturated heterocycles. The maximum absolute atomic E-state index is 13.8. The van der Waals surface area contributed by atoms with Gasteiger partial charge in [0.15, 0.2) is 0 Å². The molecular formula is C24H33NO2. The molecule has 4 saturated carbocycles. The third kappa shape index (κ3) is 2.85.